The van der Waals surface area contributed by atoms with Crippen molar-refractivity contribution in [3.8, 4) is 0 Å². The maximum atomic E-state index is 11.7. The number of hydrogen-bond donors (Lipinski definition) is 1. The molecule has 4 aliphatic rings. The fraction of sp³-hybridized carbons (Fsp3) is 0.944. The molecular weight excluding hydrogens is 248 g/mol. The molecule has 4 rings (SSSR count). The first-order valence-electron chi connectivity index (χ1n) is 8.79. The summed E-state index contributed by atoms with van der Waals surface area (Å²) in [6.45, 7) is 2.35. The van der Waals surface area contributed by atoms with E-state index >= 15 is 0 Å². The summed E-state index contributed by atoms with van der Waals surface area (Å²) in [6.07, 6.45) is 10.2. The molecule has 0 amide bonds. The third-order valence-corrected chi connectivity index (χ3v) is 7.72. The maximum absolute atomic E-state index is 11.7. The van der Waals surface area contributed by atoms with Crippen LogP contribution in [0.1, 0.15) is 64.7 Å². The van der Waals surface area contributed by atoms with Gasteiger partial charge in [0.2, 0.25) is 0 Å². The first kappa shape index (κ1) is 13.3. The van der Waals surface area contributed by atoms with Crippen LogP contribution < -0.4 is 0 Å². The molecule has 4 fully saturated rings. The number of rotatable bonds is 0. The molecule has 4 aliphatic carbocycles. The topological polar surface area (TPSA) is 37.3 Å². The molecule has 1 N–H and O–H groups in total. The average Bonchev–Trinajstić information content (AvgIpc) is 2.74. The van der Waals surface area contributed by atoms with Crippen LogP contribution in [0, 0.1) is 35.0 Å². The van der Waals surface area contributed by atoms with Gasteiger partial charge in [0, 0.05) is 12.8 Å². The van der Waals surface area contributed by atoms with E-state index in [1.165, 1.54) is 32.1 Å². The number of carbonyl (C=O) groups is 1. The Balaban J connectivity index is 1.58. The first-order valence-corrected chi connectivity index (χ1v) is 8.79. The van der Waals surface area contributed by atoms with E-state index in [1.54, 1.807) is 0 Å². The van der Waals surface area contributed by atoms with Crippen molar-refractivity contribution >= 4 is 5.78 Å². The molecule has 20 heavy (non-hydrogen) atoms. The Bertz CT molecular complexity index is 418. The van der Waals surface area contributed by atoms with E-state index < -0.39 is 0 Å². The molecule has 0 aromatic rings. The smallest absolute Gasteiger partial charge is 0.133 e. The lowest BCUT2D eigenvalue weighted by Crippen LogP contribution is -2.49. The van der Waals surface area contributed by atoms with Gasteiger partial charge < -0.3 is 5.11 Å². The van der Waals surface area contributed by atoms with Gasteiger partial charge in [-0.05, 0) is 80.0 Å². The molecule has 0 radical (unpaired) electrons. The zero-order valence-corrected chi connectivity index (χ0v) is 12.7. The van der Waals surface area contributed by atoms with Gasteiger partial charge >= 0.3 is 0 Å². The summed E-state index contributed by atoms with van der Waals surface area (Å²) < 4.78 is 0. The SMILES string of the molecule is C[C@]12CCC3[C@@H](CCC4CC(=O)CC[C@@H]43)C1CCC2O. The van der Waals surface area contributed by atoms with Crippen LogP contribution in [0.25, 0.3) is 0 Å². The molecule has 0 aromatic carbocycles. The summed E-state index contributed by atoms with van der Waals surface area (Å²) >= 11 is 0. The van der Waals surface area contributed by atoms with E-state index in [9.17, 15) is 9.90 Å². The van der Waals surface area contributed by atoms with Crippen LogP contribution in [0.3, 0.4) is 0 Å². The van der Waals surface area contributed by atoms with Crippen molar-refractivity contribution in [1.82, 2.24) is 0 Å². The second kappa shape index (κ2) is 4.56. The van der Waals surface area contributed by atoms with E-state index in [-0.39, 0.29) is 11.5 Å². The summed E-state index contributed by atoms with van der Waals surface area (Å²) in [7, 11) is 0. The van der Waals surface area contributed by atoms with Gasteiger partial charge in [-0.2, -0.15) is 0 Å². The molecular formula is C18H28O2. The van der Waals surface area contributed by atoms with Crippen LogP contribution >= 0.6 is 0 Å². The lowest BCUT2D eigenvalue weighted by atomic mass is 9.50. The standard InChI is InChI=1S/C18H28O2/c1-18-9-8-14-13-5-3-12(19)10-11(13)2-4-15(14)16(18)6-7-17(18)20/h11,13-17,20H,2-10H2,1H3/t11?,13-,14?,15+,16?,17?,18-/m0/s1. The van der Waals surface area contributed by atoms with E-state index in [4.69, 9.17) is 0 Å². The quantitative estimate of drug-likeness (QED) is 0.734. The Kier molecular flexibility index (Phi) is 3.03. The highest BCUT2D eigenvalue weighted by molar-refractivity contribution is 5.79. The summed E-state index contributed by atoms with van der Waals surface area (Å²) in [6, 6.07) is 0. The summed E-state index contributed by atoms with van der Waals surface area (Å²) in [4.78, 5) is 11.7. The van der Waals surface area contributed by atoms with Crippen molar-refractivity contribution in [1.29, 1.82) is 0 Å². The molecule has 2 nitrogen and oxygen atoms in total. The predicted molar refractivity (Wildman–Crippen MR) is 78.1 cm³/mol. The minimum Gasteiger partial charge on any atom is -0.393 e. The molecule has 2 heteroatoms. The highest BCUT2D eigenvalue weighted by Crippen LogP contribution is 2.62. The number of Topliss-reactive ketones (excluding diaryl/α,β-unsaturated/α-hetero) is 1. The zero-order chi connectivity index (χ0) is 13.9. The van der Waals surface area contributed by atoms with Crippen molar-refractivity contribution in [2.45, 2.75) is 70.8 Å². The predicted octanol–water partition coefficient (Wildman–Crippen LogP) is 3.57. The molecule has 0 saturated heterocycles. The lowest BCUT2D eigenvalue weighted by Gasteiger charge is -2.55. The Labute approximate surface area is 122 Å². The third-order valence-electron chi connectivity index (χ3n) is 7.72. The number of hydrogen-bond acceptors (Lipinski definition) is 2. The molecule has 4 unspecified atom stereocenters. The van der Waals surface area contributed by atoms with Gasteiger partial charge in [-0.15, -0.1) is 0 Å². The number of aliphatic hydroxyl groups is 1. The highest BCUT2D eigenvalue weighted by Gasteiger charge is 2.56. The second-order valence-corrected chi connectivity index (χ2v) is 8.35. The van der Waals surface area contributed by atoms with E-state index in [0.717, 1.165) is 49.4 Å². The number of fused-ring (bicyclic) bond motifs is 5. The van der Waals surface area contributed by atoms with Gasteiger partial charge in [-0.25, -0.2) is 0 Å². The van der Waals surface area contributed by atoms with Crippen LogP contribution in [0.4, 0.5) is 0 Å². The van der Waals surface area contributed by atoms with Crippen LogP contribution in [-0.2, 0) is 4.79 Å². The molecule has 0 heterocycles. The largest absolute Gasteiger partial charge is 0.393 e. The minimum absolute atomic E-state index is 0.0564. The second-order valence-electron chi connectivity index (χ2n) is 8.35. The lowest BCUT2D eigenvalue weighted by molar-refractivity contribution is -0.128. The van der Waals surface area contributed by atoms with Crippen molar-refractivity contribution in [2.75, 3.05) is 0 Å². The number of aliphatic hydroxyl groups excluding tert-OH is 1. The van der Waals surface area contributed by atoms with Crippen molar-refractivity contribution in [3.05, 3.63) is 0 Å². The molecule has 7 atom stereocenters. The molecule has 0 aliphatic heterocycles. The van der Waals surface area contributed by atoms with Crippen molar-refractivity contribution in [2.24, 2.45) is 35.0 Å². The summed E-state index contributed by atoms with van der Waals surface area (Å²) in [5.41, 5.74) is 0.207. The highest BCUT2D eigenvalue weighted by atomic mass is 16.3. The Hall–Kier alpha value is -0.370. The Morgan fingerprint density at radius 3 is 2.70 bits per heavy atom. The Morgan fingerprint density at radius 1 is 1.00 bits per heavy atom. The fourth-order valence-electron chi connectivity index (χ4n) is 6.63. The van der Waals surface area contributed by atoms with Crippen molar-refractivity contribution in [3.63, 3.8) is 0 Å². The maximum Gasteiger partial charge on any atom is 0.133 e. The van der Waals surface area contributed by atoms with Gasteiger partial charge in [0.15, 0.2) is 0 Å². The van der Waals surface area contributed by atoms with Crippen molar-refractivity contribution < 1.29 is 9.90 Å². The van der Waals surface area contributed by atoms with Gasteiger partial charge in [-0.3, -0.25) is 4.79 Å². The van der Waals surface area contributed by atoms with E-state index in [0.29, 0.717) is 11.7 Å². The summed E-state index contributed by atoms with van der Waals surface area (Å²) in [5, 5.41) is 10.4. The Morgan fingerprint density at radius 2 is 1.85 bits per heavy atom. The van der Waals surface area contributed by atoms with Gasteiger partial charge in [0.05, 0.1) is 6.10 Å². The zero-order valence-electron chi connectivity index (χ0n) is 12.7. The normalized spacial score (nSPS) is 55.0. The number of ketones is 1. The van der Waals surface area contributed by atoms with Crippen LogP contribution in [0.5, 0.6) is 0 Å². The van der Waals surface area contributed by atoms with Gasteiger partial charge in [-0.1, -0.05) is 6.92 Å². The monoisotopic (exact) mass is 276 g/mol. The van der Waals surface area contributed by atoms with E-state index in [1.807, 2.05) is 0 Å². The molecule has 0 spiro atoms. The summed E-state index contributed by atoms with van der Waals surface area (Å²) in [5.74, 6) is 4.52. The van der Waals surface area contributed by atoms with Gasteiger partial charge in [0.1, 0.15) is 5.78 Å². The van der Waals surface area contributed by atoms with Crippen LogP contribution in [-0.4, -0.2) is 17.0 Å². The number of carbonyl (C=O) groups excluding carboxylic acids is 1. The minimum atomic E-state index is -0.0564. The molecule has 112 valence electrons. The van der Waals surface area contributed by atoms with Crippen LogP contribution in [0.15, 0.2) is 0 Å². The molecule has 4 saturated carbocycles. The third kappa shape index (κ3) is 1.76. The molecule has 0 bridgehead atoms. The van der Waals surface area contributed by atoms with Gasteiger partial charge in [0.25, 0.3) is 0 Å². The first-order chi connectivity index (χ1) is 9.59. The van der Waals surface area contributed by atoms with E-state index in [2.05, 4.69) is 6.92 Å². The fourth-order valence-corrected chi connectivity index (χ4v) is 6.63. The van der Waals surface area contributed by atoms with Crippen LogP contribution in [0.2, 0.25) is 0 Å². The molecule has 0 aromatic heterocycles. The average molecular weight is 276 g/mol.